The van der Waals surface area contributed by atoms with Gasteiger partial charge in [0.1, 0.15) is 6.29 Å². The van der Waals surface area contributed by atoms with Crippen molar-refractivity contribution in [2.24, 2.45) is 5.92 Å². The molecule has 2 atom stereocenters. The minimum atomic E-state index is -0.849. The molecule has 1 fully saturated rings. The molecule has 2 nitrogen and oxygen atoms in total. The Kier molecular flexibility index (Phi) is 4.50. The fourth-order valence-electron chi connectivity index (χ4n) is 2.10. The van der Waals surface area contributed by atoms with Crippen LogP contribution in [0, 0.1) is 5.92 Å². The molecule has 1 aliphatic carbocycles. The molecule has 1 rings (SSSR count). The Balaban J connectivity index is 2.79. The summed E-state index contributed by atoms with van der Waals surface area (Å²) in [4.78, 5) is 10.3. The fourth-order valence-corrected chi connectivity index (χ4v) is 2.10. The fraction of sp³-hybridized carbons (Fsp3) is 0.462. The van der Waals surface area contributed by atoms with Gasteiger partial charge in [0.25, 0.3) is 0 Å². The third-order valence-corrected chi connectivity index (χ3v) is 2.93. The Morgan fingerprint density at radius 3 is 2.80 bits per heavy atom. The second-order valence-corrected chi connectivity index (χ2v) is 3.96. The van der Waals surface area contributed by atoms with Crippen LogP contribution in [-0.4, -0.2) is 17.0 Å². The zero-order valence-electron chi connectivity index (χ0n) is 8.93. The van der Waals surface area contributed by atoms with Crippen molar-refractivity contribution in [1.29, 1.82) is 0 Å². The van der Waals surface area contributed by atoms with Crippen molar-refractivity contribution in [3.8, 4) is 0 Å². The minimum Gasteiger partial charge on any atom is -0.385 e. The van der Waals surface area contributed by atoms with E-state index in [9.17, 15) is 9.90 Å². The van der Waals surface area contributed by atoms with Crippen LogP contribution in [-0.2, 0) is 4.79 Å². The van der Waals surface area contributed by atoms with Crippen molar-refractivity contribution in [3.05, 3.63) is 37.0 Å². The number of hydrogen-bond acceptors (Lipinski definition) is 2. The van der Waals surface area contributed by atoms with Gasteiger partial charge in [-0.1, -0.05) is 37.6 Å². The Hall–Kier alpha value is -1.15. The van der Waals surface area contributed by atoms with Gasteiger partial charge in [-0.05, 0) is 25.0 Å². The SMILES string of the molecule is C=C/C=C/C1CCCCC1(O)/C=C/C=O. The molecule has 2 unspecified atom stereocenters. The van der Waals surface area contributed by atoms with Crippen molar-refractivity contribution in [2.45, 2.75) is 31.3 Å². The third kappa shape index (κ3) is 3.17. The highest BCUT2D eigenvalue weighted by Crippen LogP contribution is 2.35. The van der Waals surface area contributed by atoms with Gasteiger partial charge in [-0.3, -0.25) is 4.79 Å². The average Bonchev–Trinajstić information content (AvgIpc) is 2.25. The molecule has 1 aliphatic rings. The summed E-state index contributed by atoms with van der Waals surface area (Å²) < 4.78 is 0. The first-order chi connectivity index (χ1) is 7.23. The van der Waals surface area contributed by atoms with E-state index in [1.165, 1.54) is 6.08 Å². The van der Waals surface area contributed by atoms with Crippen molar-refractivity contribution in [3.63, 3.8) is 0 Å². The second-order valence-electron chi connectivity index (χ2n) is 3.96. The first-order valence-corrected chi connectivity index (χ1v) is 5.37. The van der Waals surface area contributed by atoms with Crippen LogP contribution in [0.2, 0.25) is 0 Å². The average molecular weight is 206 g/mol. The Labute approximate surface area is 91.0 Å². The maximum atomic E-state index is 10.4. The van der Waals surface area contributed by atoms with Crippen LogP contribution in [0.1, 0.15) is 25.7 Å². The number of rotatable bonds is 4. The highest BCUT2D eigenvalue weighted by Gasteiger charge is 2.34. The number of hydrogen-bond donors (Lipinski definition) is 1. The normalized spacial score (nSPS) is 32.2. The summed E-state index contributed by atoms with van der Waals surface area (Å²) in [6.45, 7) is 3.61. The molecule has 0 heterocycles. The first kappa shape index (κ1) is 11.9. The summed E-state index contributed by atoms with van der Waals surface area (Å²) in [5, 5.41) is 10.4. The first-order valence-electron chi connectivity index (χ1n) is 5.37. The molecule has 15 heavy (non-hydrogen) atoms. The van der Waals surface area contributed by atoms with Crippen molar-refractivity contribution in [2.75, 3.05) is 0 Å². The van der Waals surface area contributed by atoms with Gasteiger partial charge in [0, 0.05) is 5.92 Å². The second kappa shape index (κ2) is 5.66. The van der Waals surface area contributed by atoms with Crippen LogP contribution in [0.3, 0.4) is 0 Å². The molecule has 0 aromatic heterocycles. The third-order valence-electron chi connectivity index (χ3n) is 2.93. The van der Waals surface area contributed by atoms with E-state index in [4.69, 9.17) is 0 Å². The van der Waals surface area contributed by atoms with Crippen LogP contribution in [0.5, 0.6) is 0 Å². The quantitative estimate of drug-likeness (QED) is 0.435. The van der Waals surface area contributed by atoms with E-state index in [-0.39, 0.29) is 5.92 Å². The Bertz CT molecular complexity index is 278. The predicted octanol–water partition coefficient (Wildman–Crippen LogP) is 2.41. The Morgan fingerprint density at radius 1 is 1.33 bits per heavy atom. The van der Waals surface area contributed by atoms with Gasteiger partial charge in [0.2, 0.25) is 0 Å². The smallest absolute Gasteiger partial charge is 0.142 e. The molecule has 0 saturated heterocycles. The molecule has 1 saturated carbocycles. The zero-order valence-corrected chi connectivity index (χ0v) is 8.93. The zero-order chi connectivity index (χ0) is 11.1. The summed E-state index contributed by atoms with van der Waals surface area (Å²) >= 11 is 0. The van der Waals surface area contributed by atoms with E-state index >= 15 is 0 Å². The predicted molar refractivity (Wildman–Crippen MR) is 61.4 cm³/mol. The van der Waals surface area contributed by atoms with Crippen LogP contribution in [0.15, 0.2) is 37.0 Å². The highest BCUT2D eigenvalue weighted by atomic mass is 16.3. The molecule has 0 spiro atoms. The number of aliphatic hydroxyl groups is 1. The molecular formula is C13H18O2. The lowest BCUT2D eigenvalue weighted by molar-refractivity contribution is -0.104. The van der Waals surface area contributed by atoms with E-state index in [1.807, 2.05) is 12.2 Å². The van der Waals surface area contributed by atoms with E-state index in [0.29, 0.717) is 6.29 Å². The van der Waals surface area contributed by atoms with Gasteiger partial charge >= 0.3 is 0 Å². The van der Waals surface area contributed by atoms with E-state index in [2.05, 4.69) is 6.58 Å². The minimum absolute atomic E-state index is 0.0976. The molecule has 2 heteroatoms. The number of allylic oxidation sites excluding steroid dienone is 3. The molecule has 0 radical (unpaired) electrons. The van der Waals surface area contributed by atoms with Gasteiger partial charge in [0.15, 0.2) is 0 Å². The monoisotopic (exact) mass is 206 g/mol. The molecule has 0 bridgehead atoms. The molecule has 0 aliphatic heterocycles. The lowest BCUT2D eigenvalue weighted by Crippen LogP contribution is -2.37. The summed E-state index contributed by atoms with van der Waals surface area (Å²) in [6.07, 6.45) is 13.1. The van der Waals surface area contributed by atoms with Gasteiger partial charge in [-0.2, -0.15) is 0 Å². The molecule has 1 N–H and O–H groups in total. The van der Waals surface area contributed by atoms with E-state index in [1.54, 1.807) is 12.2 Å². The Morgan fingerprint density at radius 2 is 2.13 bits per heavy atom. The van der Waals surface area contributed by atoms with Gasteiger partial charge in [0.05, 0.1) is 5.60 Å². The van der Waals surface area contributed by atoms with Gasteiger partial charge < -0.3 is 5.11 Å². The van der Waals surface area contributed by atoms with Crippen LogP contribution < -0.4 is 0 Å². The molecule has 0 aromatic rings. The molecule has 82 valence electrons. The lowest BCUT2D eigenvalue weighted by Gasteiger charge is -2.36. The summed E-state index contributed by atoms with van der Waals surface area (Å²) in [7, 11) is 0. The topological polar surface area (TPSA) is 37.3 Å². The van der Waals surface area contributed by atoms with Crippen molar-refractivity contribution < 1.29 is 9.90 Å². The van der Waals surface area contributed by atoms with Crippen LogP contribution >= 0.6 is 0 Å². The van der Waals surface area contributed by atoms with Crippen molar-refractivity contribution in [1.82, 2.24) is 0 Å². The molecule has 0 aromatic carbocycles. The van der Waals surface area contributed by atoms with Crippen LogP contribution in [0.4, 0.5) is 0 Å². The van der Waals surface area contributed by atoms with Crippen LogP contribution in [0.25, 0.3) is 0 Å². The maximum Gasteiger partial charge on any atom is 0.142 e. The van der Waals surface area contributed by atoms with Gasteiger partial charge in [-0.15, -0.1) is 0 Å². The lowest BCUT2D eigenvalue weighted by atomic mass is 9.75. The molecular weight excluding hydrogens is 188 g/mol. The standard InChI is InChI=1S/C13H18O2/c1-2-3-7-12-8-4-5-9-13(12,15)10-6-11-14/h2-3,6-7,10-12,15H,1,4-5,8-9H2/b7-3+,10-6+. The van der Waals surface area contributed by atoms with Gasteiger partial charge in [-0.25, -0.2) is 0 Å². The number of carbonyl (C=O) groups is 1. The summed E-state index contributed by atoms with van der Waals surface area (Å²) in [5.41, 5.74) is -0.849. The van der Waals surface area contributed by atoms with Crippen molar-refractivity contribution >= 4 is 6.29 Å². The number of aldehydes is 1. The van der Waals surface area contributed by atoms with E-state index < -0.39 is 5.60 Å². The maximum absolute atomic E-state index is 10.4. The van der Waals surface area contributed by atoms with E-state index in [0.717, 1.165) is 25.7 Å². The molecule has 0 amide bonds. The largest absolute Gasteiger partial charge is 0.385 e. The summed E-state index contributed by atoms with van der Waals surface area (Å²) in [6, 6.07) is 0. The summed E-state index contributed by atoms with van der Waals surface area (Å²) in [5.74, 6) is 0.0976. The highest BCUT2D eigenvalue weighted by molar-refractivity contribution is 5.65. The number of carbonyl (C=O) groups excluding carboxylic acids is 1.